The van der Waals surface area contributed by atoms with Crippen LogP contribution in [0.3, 0.4) is 0 Å². The molecule has 0 atom stereocenters. The van der Waals surface area contributed by atoms with Crippen molar-refractivity contribution in [2.75, 3.05) is 43.4 Å². The van der Waals surface area contributed by atoms with Gasteiger partial charge >= 0.3 is 6.09 Å². The Morgan fingerprint density at radius 2 is 1.87 bits per heavy atom. The number of rotatable bonds is 3. The number of carbonyl (C=O) groups is 1. The van der Waals surface area contributed by atoms with Crippen LogP contribution >= 0.6 is 0 Å². The summed E-state index contributed by atoms with van der Waals surface area (Å²) in [6.07, 6.45) is 0.538. The molecule has 6 nitrogen and oxygen atoms in total. The Balaban J connectivity index is 1.96. The number of amides is 1. The monoisotopic (exact) mass is 320 g/mol. The Labute approximate surface area is 138 Å². The molecule has 0 unspecified atom stereocenters. The van der Waals surface area contributed by atoms with E-state index in [4.69, 9.17) is 16.2 Å². The number of nitrogen functional groups attached to an aromatic ring is 1. The molecule has 1 heterocycles. The van der Waals surface area contributed by atoms with Crippen LogP contribution in [0.25, 0.3) is 0 Å². The van der Waals surface area contributed by atoms with Gasteiger partial charge in [-0.05, 0) is 57.5 Å². The maximum Gasteiger partial charge on any atom is 0.410 e. The average molecular weight is 320 g/mol. The highest BCUT2D eigenvalue weighted by atomic mass is 16.6. The summed E-state index contributed by atoms with van der Waals surface area (Å²) in [6.45, 7) is 9.12. The number of anilines is 2. The lowest BCUT2D eigenvalue weighted by Crippen LogP contribution is -2.50. The van der Waals surface area contributed by atoms with Crippen LogP contribution in [0.1, 0.15) is 26.3 Å². The maximum absolute atomic E-state index is 12.1. The van der Waals surface area contributed by atoms with E-state index in [0.29, 0.717) is 19.6 Å². The first-order valence-electron chi connectivity index (χ1n) is 8.11. The first-order chi connectivity index (χ1) is 10.8. The molecule has 6 heteroatoms. The van der Waals surface area contributed by atoms with E-state index in [1.807, 2.05) is 32.9 Å². The number of nitrogens with two attached hydrogens (primary N) is 2. The predicted molar refractivity (Wildman–Crippen MR) is 93.6 cm³/mol. The number of nitrogens with zero attached hydrogens (tertiary/aromatic N) is 2. The van der Waals surface area contributed by atoms with Crippen molar-refractivity contribution in [1.29, 1.82) is 0 Å². The molecule has 2 rings (SSSR count). The zero-order chi connectivity index (χ0) is 17.0. The molecular weight excluding hydrogens is 292 g/mol. The number of hydrogen-bond acceptors (Lipinski definition) is 5. The molecule has 0 saturated carbocycles. The summed E-state index contributed by atoms with van der Waals surface area (Å²) in [5, 5.41) is 0. The van der Waals surface area contributed by atoms with Crippen molar-refractivity contribution in [1.82, 2.24) is 4.90 Å². The minimum atomic E-state index is -0.456. The van der Waals surface area contributed by atoms with Crippen molar-refractivity contribution in [2.24, 2.45) is 5.73 Å². The van der Waals surface area contributed by atoms with E-state index in [2.05, 4.69) is 11.0 Å². The Morgan fingerprint density at radius 3 is 2.43 bits per heavy atom. The maximum atomic E-state index is 12.1. The summed E-state index contributed by atoms with van der Waals surface area (Å²) in [4.78, 5) is 16.1. The lowest BCUT2D eigenvalue weighted by Gasteiger charge is -2.37. The topological polar surface area (TPSA) is 84.8 Å². The van der Waals surface area contributed by atoms with Crippen molar-refractivity contribution in [3.05, 3.63) is 23.8 Å². The average Bonchev–Trinajstić information content (AvgIpc) is 2.48. The molecule has 1 fully saturated rings. The fourth-order valence-electron chi connectivity index (χ4n) is 2.63. The molecule has 1 aromatic rings. The van der Waals surface area contributed by atoms with Crippen molar-refractivity contribution in [3.63, 3.8) is 0 Å². The molecule has 0 aromatic heterocycles. The molecule has 0 spiro atoms. The third kappa shape index (κ3) is 4.76. The Morgan fingerprint density at radius 1 is 1.22 bits per heavy atom. The minimum absolute atomic E-state index is 0.238. The molecular formula is C17H28N4O2. The molecule has 0 bridgehead atoms. The number of ether oxygens (including phenoxy) is 1. The van der Waals surface area contributed by atoms with Gasteiger partial charge in [0.15, 0.2) is 0 Å². The van der Waals surface area contributed by atoms with E-state index >= 15 is 0 Å². The summed E-state index contributed by atoms with van der Waals surface area (Å²) >= 11 is 0. The summed E-state index contributed by atoms with van der Waals surface area (Å²) < 4.78 is 5.42. The van der Waals surface area contributed by atoms with Crippen LogP contribution in [0, 0.1) is 0 Å². The SMILES string of the molecule is CC(C)(C)OC(=O)N1CCN(c2ccc(N)c(CCN)c2)CC1. The molecule has 1 saturated heterocycles. The van der Waals surface area contributed by atoms with Crippen LogP contribution in [0.15, 0.2) is 18.2 Å². The standard InChI is InChI=1S/C17H28N4O2/c1-17(2,3)23-16(22)21-10-8-20(9-11-21)14-4-5-15(19)13(12-14)6-7-18/h4-5,12H,6-11,18-19H2,1-3H3. The molecule has 23 heavy (non-hydrogen) atoms. The lowest BCUT2D eigenvalue weighted by molar-refractivity contribution is 0.0240. The Bertz CT molecular complexity index is 546. The van der Waals surface area contributed by atoms with Crippen molar-refractivity contribution >= 4 is 17.5 Å². The zero-order valence-electron chi connectivity index (χ0n) is 14.3. The molecule has 0 radical (unpaired) electrons. The highest BCUT2D eigenvalue weighted by Crippen LogP contribution is 2.23. The number of carbonyl (C=O) groups excluding carboxylic acids is 1. The molecule has 128 valence electrons. The second-order valence-corrected chi connectivity index (χ2v) is 6.88. The van der Waals surface area contributed by atoms with Gasteiger partial charge in [-0.3, -0.25) is 0 Å². The fraction of sp³-hybridized carbons (Fsp3) is 0.588. The number of piperazine rings is 1. The quantitative estimate of drug-likeness (QED) is 0.830. The van der Waals surface area contributed by atoms with Gasteiger partial charge in [0.1, 0.15) is 5.60 Å². The van der Waals surface area contributed by atoms with E-state index in [-0.39, 0.29) is 6.09 Å². The van der Waals surface area contributed by atoms with E-state index < -0.39 is 5.60 Å². The second-order valence-electron chi connectivity index (χ2n) is 6.88. The summed E-state index contributed by atoms with van der Waals surface area (Å²) in [7, 11) is 0. The second kappa shape index (κ2) is 7.08. The lowest BCUT2D eigenvalue weighted by atomic mass is 10.1. The third-order valence-corrected chi connectivity index (χ3v) is 3.84. The summed E-state index contributed by atoms with van der Waals surface area (Å²) in [5.74, 6) is 0. The third-order valence-electron chi connectivity index (χ3n) is 3.84. The first-order valence-corrected chi connectivity index (χ1v) is 8.11. The predicted octanol–water partition coefficient (Wildman–Crippen LogP) is 1.83. The smallest absolute Gasteiger partial charge is 0.410 e. The van der Waals surface area contributed by atoms with Gasteiger partial charge in [-0.1, -0.05) is 0 Å². The van der Waals surface area contributed by atoms with Crippen LogP contribution in [-0.4, -0.2) is 49.3 Å². The highest BCUT2D eigenvalue weighted by Gasteiger charge is 2.26. The van der Waals surface area contributed by atoms with Crippen LogP contribution in [-0.2, 0) is 11.2 Å². The zero-order valence-corrected chi connectivity index (χ0v) is 14.3. The van der Waals surface area contributed by atoms with Crippen LogP contribution in [0.2, 0.25) is 0 Å². The molecule has 1 aliphatic rings. The fourth-order valence-corrected chi connectivity index (χ4v) is 2.63. The van der Waals surface area contributed by atoms with Crippen molar-refractivity contribution in [3.8, 4) is 0 Å². The van der Waals surface area contributed by atoms with Gasteiger partial charge in [-0.2, -0.15) is 0 Å². The number of benzene rings is 1. The van der Waals surface area contributed by atoms with Crippen LogP contribution in [0.5, 0.6) is 0 Å². The van der Waals surface area contributed by atoms with E-state index in [1.165, 1.54) is 0 Å². The molecule has 1 amide bonds. The van der Waals surface area contributed by atoms with E-state index in [9.17, 15) is 4.79 Å². The summed E-state index contributed by atoms with van der Waals surface area (Å²) in [6, 6.07) is 6.06. The van der Waals surface area contributed by atoms with Crippen LogP contribution in [0.4, 0.5) is 16.2 Å². The van der Waals surface area contributed by atoms with Crippen LogP contribution < -0.4 is 16.4 Å². The van der Waals surface area contributed by atoms with Gasteiger partial charge in [0, 0.05) is 37.6 Å². The van der Waals surface area contributed by atoms with E-state index in [0.717, 1.165) is 36.4 Å². The minimum Gasteiger partial charge on any atom is -0.444 e. The molecule has 1 aliphatic heterocycles. The van der Waals surface area contributed by atoms with Crippen molar-refractivity contribution < 1.29 is 9.53 Å². The highest BCUT2D eigenvalue weighted by molar-refractivity contribution is 5.69. The van der Waals surface area contributed by atoms with Crippen molar-refractivity contribution in [2.45, 2.75) is 32.8 Å². The molecule has 0 aliphatic carbocycles. The Hall–Kier alpha value is -1.95. The van der Waals surface area contributed by atoms with Gasteiger partial charge in [0.25, 0.3) is 0 Å². The van der Waals surface area contributed by atoms with Gasteiger partial charge in [0.05, 0.1) is 0 Å². The number of hydrogen-bond donors (Lipinski definition) is 2. The van der Waals surface area contributed by atoms with E-state index in [1.54, 1.807) is 4.90 Å². The normalized spacial score (nSPS) is 15.7. The molecule has 1 aromatic carbocycles. The van der Waals surface area contributed by atoms with Gasteiger partial charge in [-0.15, -0.1) is 0 Å². The van der Waals surface area contributed by atoms with Gasteiger partial charge in [0.2, 0.25) is 0 Å². The summed E-state index contributed by atoms with van der Waals surface area (Å²) in [5.41, 5.74) is 14.2. The first kappa shape index (κ1) is 17.4. The van der Waals surface area contributed by atoms with Gasteiger partial charge < -0.3 is 26.0 Å². The Kier molecular flexibility index (Phi) is 5.36. The van der Waals surface area contributed by atoms with Gasteiger partial charge in [-0.25, -0.2) is 4.79 Å². The largest absolute Gasteiger partial charge is 0.444 e. The molecule has 4 N–H and O–H groups in total.